The van der Waals surface area contributed by atoms with E-state index in [0.717, 1.165) is 24.3 Å². The number of benzene rings is 2. The van der Waals surface area contributed by atoms with Gasteiger partial charge in [0.15, 0.2) is 5.76 Å². The van der Waals surface area contributed by atoms with Crippen molar-refractivity contribution in [1.82, 2.24) is 14.8 Å². The summed E-state index contributed by atoms with van der Waals surface area (Å²) in [4.78, 5) is 17.0. The third-order valence-electron chi connectivity index (χ3n) is 4.82. The third-order valence-corrected chi connectivity index (χ3v) is 4.82. The normalized spacial score (nSPS) is 11.4. The Bertz CT molecular complexity index is 1270. The second-order valence-electron chi connectivity index (χ2n) is 7.23. The minimum atomic E-state index is -4.47. The quantitative estimate of drug-likeness (QED) is 0.327. The summed E-state index contributed by atoms with van der Waals surface area (Å²) in [5.74, 6) is 0.282. The number of halogens is 3. The molecule has 2 aromatic carbocycles. The van der Waals surface area contributed by atoms with Crippen LogP contribution in [0.15, 0.2) is 71.3 Å². The van der Waals surface area contributed by atoms with Gasteiger partial charge < -0.3 is 19.2 Å². The number of amides is 1. The van der Waals surface area contributed by atoms with E-state index in [1.165, 1.54) is 10.9 Å². The number of hydrogen-bond donors (Lipinski definition) is 1. The maximum Gasteiger partial charge on any atom is 0.416 e. The van der Waals surface area contributed by atoms with Crippen LogP contribution in [0.25, 0.3) is 17.3 Å². The van der Waals surface area contributed by atoms with Crippen molar-refractivity contribution in [3.63, 3.8) is 0 Å². The zero-order valence-corrected chi connectivity index (χ0v) is 18.6. The molecule has 4 aromatic rings. The van der Waals surface area contributed by atoms with E-state index < -0.39 is 17.6 Å². The standard InChI is InChI=1S/C24H21F3N4O4/c1-2-33-13-14-35-23-29-21(20-7-4-12-34-20)31(30-23)19-6-3-5-18(15-19)28-22(32)16-8-10-17(11-9-16)24(25,26)27/h3-12,15H,2,13-14H2,1H3,(H,28,32). The molecule has 0 spiro atoms. The van der Waals surface area contributed by atoms with Gasteiger partial charge in [-0.3, -0.25) is 4.79 Å². The van der Waals surface area contributed by atoms with Gasteiger partial charge in [0.2, 0.25) is 5.82 Å². The highest BCUT2D eigenvalue weighted by Crippen LogP contribution is 2.29. The monoisotopic (exact) mass is 486 g/mol. The number of carbonyl (C=O) groups is 1. The van der Waals surface area contributed by atoms with Gasteiger partial charge in [-0.2, -0.15) is 18.2 Å². The molecule has 2 aromatic heterocycles. The molecular formula is C24H21F3N4O4. The van der Waals surface area contributed by atoms with Crippen LogP contribution in [0, 0.1) is 0 Å². The van der Waals surface area contributed by atoms with Crippen LogP contribution in [0.4, 0.5) is 18.9 Å². The van der Waals surface area contributed by atoms with E-state index in [1.807, 2.05) is 6.92 Å². The molecule has 2 heterocycles. The molecule has 11 heteroatoms. The lowest BCUT2D eigenvalue weighted by Gasteiger charge is -2.10. The lowest BCUT2D eigenvalue weighted by atomic mass is 10.1. The summed E-state index contributed by atoms with van der Waals surface area (Å²) < 4.78 is 56.1. The Morgan fingerprint density at radius 3 is 2.57 bits per heavy atom. The molecule has 8 nitrogen and oxygen atoms in total. The molecule has 182 valence electrons. The van der Waals surface area contributed by atoms with E-state index in [2.05, 4.69) is 15.4 Å². The van der Waals surface area contributed by atoms with Crippen LogP contribution in [0.3, 0.4) is 0 Å². The van der Waals surface area contributed by atoms with Crippen LogP contribution in [-0.4, -0.2) is 40.5 Å². The Balaban J connectivity index is 1.56. The van der Waals surface area contributed by atoms with Crippen molar-refractivity contribution in [2.75, 3.05) is 25.1 Å². The fourth-order valence-corrected chi connectivity index (χ4v) is 3.17. The van der Waals surface area contributed by atoms with Crippen molar-refractivity contribution in [1.29, 1.82) is 0 Å². The first kappa shape index (κ1) is 24.0. The molecule has 0 bridgehead atoms. The van der Waals surface area contributed by atoms with Crippen molar-refractivity contribution in [3.05, 3.63) is 78.1 Å². The number of alkyl halides is 3. The second-order valence-corrected chi connectivity index (χ2v) is 7.23. The van der Waals surface area contributed by atoms with E-state index in [1.54, 1.807) is 36.4 Å². The lowest BCUT2D eigenvalue weighted by Crippen LogP contribution is -2.13. The van der Waals surface area contributed by atoms with Gasteiger partial charge in [-0.05, 0) is 61.5 Å². The maximum absolute atomic E-state index is 12.8. The Labute approximate surface area is 198 Å². The van der Waals surface area contributed by atoms with Gasteiger partial charge >= 0.3 is 12.2 Å². The Kier molecular flexibility index (Phi) is 7.16. The molecule has 0 saturated heterocycles. The molecular weight excluding hydrogens is 465 g/mol. The fourth-order valence-electron chi connectivity index (χ4n) is 3.17. The van der Waals surface area contributed by atoms with Gasteiger partial charge in [-0.15, -0.1) is 5.10 Å². The van der Waals surface area contributed by atoms with Crippen LogP contribution in [0.5, 0.6) is 6.01 Å². The Morgan fingerprint density at radius 1 is 1.09 bits per heavy atom. The number of anilines is 1. The molecule has 0 aliphatic carbocycles. The van der Waals surface area contributed by atoms with E-state index in [4.69, 9.17) is 13.9 Å². The zero-order chi connectivity index (χ0) is 24.8. The summed E-state index contributed by atoms with van der Waals surface area (Å²) in [6.07, 6.45) is -2.97. The van der Waals surface area contributed by atoms with Crippen molar-refractivity contribution in [3.8, 4) is 23.3 Å². The van der Waals surface area contributed by atoms with Gasteiger partial charge in [0.05, 0.1) is 24.1 Å². The van der Waals surface area contributed by atoms with Gasteiger partial charge in [-0.1, -0.05) is 6.07 Å². The highest BCUT2D eigenvalue weighted by atomic mass is 19.4. The average Bonchev–Trinajstić information content (AvgIpc) is 3.52. The van der Waals surface area contributed by atoms with Gasteiger partial charge in [0.1, 0.15) is 6.61 Å². The summed E-state index contributed by atoms with van der Waals surface area (Å²) in [5.41, 5.74) is 0.221. The summed E-state index contributed by atoms with van der Waals surface area (Å²) in [7, 11) is 0. The highest BCUT2D eigenvalue weighted by Gasteiger charge is 2.30. The average molecular weight is 486 g/mol. The third kappa shape index (κ3) is 5.87. The molecule has 1 amide bonds. The van der Waals surface area contributed by atoms with Crippen LogP contribution in [0.2, 0.25) is 0 Å². The topological polar surface area (TPSA) is 91.4 Å². The largest absolute Gasteiger partial charge is 0.461 e. The number of aromatic nitrogens is 3. The molecule has 0 aliphatic rings. The second kappa shape index (κ2) is 10.4. The number of furan rings is 1. The summed E-state index contributed by atoms with van der Waals surface area (Å²) >= 11 is 0. The van der Waals surface area contributed by atoms with Crippen molar-refractivity contribution < 1.29 is 31.9 Å². The smallest absolute Gasteiger partial charge is 0.416 e. The molecule has 1 N–H and O–H groups in total. The van der Waals surface area contributed by atoms with Crippen LogP contribution < -0.4 is 10.1 Å². The van der Waals surface area contributed by atoms with E-state index >= 15 is 0 Å². The van der Waals surface area contributed by atoms with E-state index in [-0.39, 0.29) is 18.2 Å². The lowest BCUT2D eigenvalue weighted by molar-refractivity contribution is -0.137. The van der Waals surface area contributed by atoms with Gasteiger partial charge in [0.25, 0.3) is 5.91 Å². The highest BCUT2D eigenvalue weighted by molar-refractivity contribution is 6.04. The first-order valence-electron chi connectivity index (χ1n) is 10.7. The van der Waals surface area contributed by atoms with Gasteiger partial charge in [-0.25, -0.2) is 4.68 Å². The summed E-state index contributed by atoms with van der Waals surface area (Å²) in [6.45, 7) is 3.09. The number of hydrogen-bond acceptors (Lipinski definition) is 6. The predicted octanol–water partition coefficient (Wildman–Crippen LogP) is 5.21. The molecule has 0 atom stereocenters. The van der Waals surface area contributed by atoms with Crippen molar-refractivity contribution in [2.45, 2.75) is 13.1 Å². The van der Waals surface area contributed by atoms with Gasteiger partial charge in [0, 0.05) is 17.9 Å². The minimum Gasteiger partial charge on any atom is -0.461 e. The minimum absolute atomic E-state index is 0.0883. The SMILES string of the molecule is CCOCCOc1nc(-c2ccco2)n(-c2cccc(NC(=O)c3ccc(C(F)(F)F)cc3)c2)n1. The fraction of sp³-hybridized carbons (Fsp3) is 0.208. The molecule has 0 fully saturated rings. The van der Waals surface area contributed by atoms with E-state index in [0.29, 0.717) is 36.2 Å². The predicted molar refractivity (Wildman–Crippen MR) is 120 cm³/mol. The van der Waals surface area contributed by atoms with Crippen LogP contribution in [-0.2, 0) is 10.9 Å². The molecule has 0 radical (unpaired) electrons. The first-order chi connectivity index (χ1) is 16.8. The summed E-state index contributed by atoms with van der Waals surface area (Å²) in [5, 5.41) is 7.08. The van der Waals surface area contributed by atoms with Crippen molar-refractivity contribution >= 4 is 11.6 Å². The van der Waals surface area contributed by atoms with Crippen LogP contribution >= 0.6 is 0 Å². The summed E-state index contributed by atoms with van der Waals surface area (Å²) in [6, 6.07) is 14.3. The molecule has 0 aliphatic heterocycles. The van der Waals surface area contributed by atoms with E-state index in [9.17, 15) is 18.0 Å². The number of nitrogens with zero attached hydrogens (tertiary/aromatic N) is 3. The molecule has 0 saturated carbocycles. The first-order valence-corrected chi connectivity index (χ1v) is 10.7. The zero-order valence-electron chi connectivity index (χ0n) is 18.6. The molecule has 35 heavy (non-hydrogen) atoms. The number of ether oxygens (including phenoxy) is 2. The van der Waals surface area contributed by atoms with Crippen LogP contribution in [0.1, 0.15) is 22.8 Å². The molecule has 0 unspecified atom stereocenters. The number of nitrogens with one attached hydrogen (secondary N) is 1. The van der Waals surface area contributed by atoms with Crippen molar-refractivity contribution in [2.24, 2.45) is 0 Å². The molecule has 4 rings (SSSR count). The number of carbonyl (C=O) groups excluding carboxylic acids is 1. The number of rotatable bonds is 9. The maximum atomic E-state index is 12.8. The Hall–Kier alpha value is -4.12. The Morgan fingerprint density at radius 2 is 1.89 bits per heavy atom.